The van der Waals surface area contributed by atoms with Gasteiger partial charge in [0.15, 0.2) is 0 Å². The van der Waals surface area contributed by atoms with E-state index in [-0.39, 0.29) is 11.8 Å². The Hall–Kier alpha value is -3.68. The van der Waals surface area contributed by atoms with Crippen molar-refractivity contribution in [3.05, 3.63) is 59.0 Å². The molecule has 2 amide bonds. The smallest absolute Gasteiger partial charge is 0.268 e. The first-order valence-electron chi connectivity index (χ1n) is 12.5. The highest BCUT2D eigenvalue weighted by atomic mass is 16.2. The van der Waals surface area contributed by atoms with E-state index >= 15 is 0 Å². The van der Waals surface area contributed by atoms with Crippen molar-refractivity contribution in [2.75, 3.05) is 25.0 Å². The molecule has 0 atom stereocenters. The molecule has 2 aliphatic rings. The summed E-state index contributed by atoms with van der Waals surface area (Å²) in [4.78, 5) is 36.1. The largest absolute Gasteiger partial charge is 0.349 e. The summed E-state index contributed by atoms with van der Waals surface area (Å²) >= 11 is 0. The summed E-state index contributed by atoms with van der Waals surface area (Å²) < 4.78 is 2.08. The van der Waals surface area contributed by atoms with Crippen molar-refractivity contribution in [3.8, 4) is 11.3 Å². The standard InChI is InChI=1S/C27H32N6O2/c1-18-24(19(2)33-16-13-28-26(35)25(18)33)22-11-12-29-27(31-22)30-21-8-6-7-20(17-21)9-10-23(34)32-14-4-3-5-15-32/h6-8,11-12,17H,3-5,9-10,13-16H2,1-2H3,(H,28,35)(H,29,30,31). The van der Waals surface area contributed by atoms with Gasteiger partial charge in [0.2, 0.25) is 11.9 Å². The molecular formula is C27H32N6O2. The Balaban J connectivity index is 1.31. The lowest BCUT2D eigenvalue weighted by atomic mass is 10.1. The van der Waals surface area contributed by atoms with Crippen LogP contribution in [0.3, 0.4) is 0 Å². The molecule has 8 heteroatoms. The Morgan fingerprint density at radius 2 is 1.94 bits per heavy atom. The summed E-state index contributed by atoms with van der Waals surface area (Å²) in [5.74, 6) is 0.705. The second kappa shape index (κ2) is 9.90. The lowest BCUT2D eigenvalue weighted by Crippen LogP contribution is -2.35. The molecule has 2 N–H and O–H groups in total. The summed E-state index contributed by atoms with van der Waals surface area (Å²) in [6.07, 6.45) is 6.43. The van der Waals surface area contributed by atoms with Crippen LogP contribution in [0.2, 0.25) is 0 Å². The number of likely N-dealkylation sites (tertiary alicyclic amines) is 1. The second-order valence-electron chi connectivity index (χ2n) is 9.37. The minimum atomic E-state index is -0.0360. The quantitative estimate of drug-likeness (QED) is 0.566. The summed E-state index contributed by atoms with van der Waals surface area (Å²) in [5, 5.41) is 6.24. The van der Waals surface area contributed by atoms with Crippen LogP contribution in [0.25, 0.3) is 11.3 Å². The number of rotatable bonds is 6. The molecule has 4 heterocycles. The minimum absolute atomic E-state index is 0.0360. The van der Waals surface area contributed by atoms with Crippen LogP contribution in [-0.2, 0) is 17.8 Å². The van der Waals surface area contributed by atoms with Crippen LogP contribution < -0.4 is 10.6 Å². The van der Waals surface area contributed by atoms with Gasteiger partial charge in [0, 0.05) is 55.7 Å². The zero-order valence-corrected chi connectivity index (χ0v) is 20.4. The number of aryl methyl sites for hydroxylation is 1. The Morgan fingerprint density at radius 1 is 1.11 bits per heavy atom. The molecule has 2 aromatic heterocycles. The number of aromatic nitrogens is 3. The number of carbonyl (C=O) groups is 2. The van der Waals surface area contributed by atoms with Crippen LogP contribution in [0, 0.1) is 13.8 Å². The molecule has 0 unspecified atom stereocenters. The molecule has 0 aliphatic carbocycles. The molecular weight excluding hydrogens is 440 g/mol. The number of hydrogen-bond donors (Lipinski definition) is 2. The zero-order chi connectivity index (χ0) is 24.4. The van der Waals surface area contributed by atoms with Gasteiger partial charge in [-0.15, -0.1) is 0 Å². The van der Waals surface area contributed by atoms with Gasteiger partial charge in [-0.25, -0.2) is 9.97 Å². The fourth-order valence-corrected chi connectivity index (χ4v) is 5.25. The molecule has 182 valence electrons. The van der Waals surface area contributed by atoms with E-state index < -0.39 is 0 Å². The lowest BCUT2D eigenvalue weighted by molar-refractivity contribution is -0.132. The Morgan fingerprint density at radius 3 is 2.74 bits per heavy atom. The zero-order valence-electron chi connectivity index (χ0n) is 20.4. The van der Waals surface area contributed by atoms with Gasteiger partial charge in [0.25, 0.3) is 5.91 Å². The number of amides is 2. The average molecular weight is 473 g/mol. The summed E-state index contributed by atoms with van der Waals surface area (Å²) in [7, 11) is 0. The van der Waals surface area contributed by atoms with Crippen molar-refractivity contribution in [1.29, 1.82) is 0 Å². The number of hydrogen-bond acceptors (Lipinski definition) is 5. The van der Waals surface area contributed by atoms with Crippen molar-refractivity contribution in [3.63, 3.8) is 0 Å². The highest BCUT2D eigenvalue weighted by Crippen LogP contribution is 2.32. The summed E-state index contributed by atoms with van der Waals surface area (Å²) in [6, 6.07) is 9.95. The molecule has 1 aromatic carbocycles. The maximum absolute atomic E-state index is 12.5. The topological polar surface area (TPSA) is 92.2 Å². The van der Waals surface area contributed by atoms with E-state index in [0.717, 1.165) is 66.2 Å². The Labute approximate surface area is 205 Å². The first-order chi connectivity index (χ1) is 17.0. The van der Waals surface area contributed by atoms with E-state index in [9.17, 15) is 9.59 Å². The third-order valence-electron chi connectivity index (χ3n) is 7.03. The number of carbonyl (C=O) groups excluding carboxylic acids is 2. The fraction of sp³-hybridized carbons (Fsp3) is 0.407. The van der Waals surface area contributed by atoms with E-state index in [1.807, 2.05) is 36.9 Å². The van der Waals surface area contributed by atoms with Gasteiger partial charge in [0.05, 0.1) is 5.69 Å². The highest BCUT2D eigenvalue weighted by Gasteiger charge is 2.26. The number of nitrogens with zero attached hydrogens (tertiary/aromatic N) is 4. The predicted octanol–water partition coefficient (Wildman–Crippen LogP) is 3.99. The first-order valence-corrected chi connectivity index (χ1v) is 12.5. The van der Waals surface area contributed by atoms with Gasteiger partial charge < -0.3 is 20.1 Å². The third-order valence-corrected chi connectivity index (χ3v) is 7.03. The van der Waals surface area contributed by atoms with Crippen molar-refractivity contribution in [2.45, 2.75) is 52.5 Å². The molecule has 0 bridgehead atoms. The molecule has 1 saturated heterocycles. The Bertz CT molecular complexity index is 1260. The van der Waals surface area contributed by atoms with Crippen LogP contribution in [0.1, 0.15) is 53.0 Å². The van der Waals surface area contributed by atoms with E-state index in [4.69, 9.17) is 4.98 Å². The summed E-state index contributed by atoms with van der Waals surface area (Å²) in [5.41, 5.74) is 6.44. The van der Waals surface area contributed by atoms with Crippen LogP contribution in [0.15, 0.2) is 36.5 Å². The molecule has 35 heavy (non-hydrogen) atoms. The van der Waals surface area contributed by atoms with Crippen molar-refractivity contribution in [1.82, 2.24) is 24.8 Å². The lowest BCUT2D eigenvalue weighted by Gasteiger charge is -2.26. The third kappa shape index (κ3) is 4.78. The highest BCUT2D eigenvalue weighted by molar-refractivity contribution is 5.97. The van der Waals surface area contributed by atoms with Crippen molar-refractivity contribution >= 4 is 23.5 Å². The fourth-order valence-electron chi connectivity index (χ4n) is 5.25. The number of benzene rings is 1. The molecule has 0 radical (unpaired) electrons. The Kier molecular flexibility index (Phi) is 6.53. The minimum Gasteiger partial charge on any atom is -0.349 e. The normalized spacial score (nSPS) is 15.5. The van der Waals surface area contributed by atoms with Gasteiger partial charge in [-0.1, -0.05) is 12.1 Å². The van der Waals surface area contributed by atoms with Gasteiger partial charge in [-0.2, -0.15) is 0 Å². The monoisotopic (exact) mass is 472 g/mol. The second-order valence-corrected chi connectivity index (χ2v) is 9.37. The van der Waals surface area contributed by atoms with Gasteiger partial charge in [-0.05, 0) is 68.9 Å². The molecule has 0 spiro atoms. The maximum Gasteiger partial charge on any atom is 0.268 e. The first kappa shape index (κ1) is 23.1. The SMILES string of the molecule is Cc1c(-c2ccnc(Nc3cccc(CCC(=O)N4CCCCC4)c3)n2)c(C)n2c1C(=O)NCC2. The van der Waals surface area contributed by atoms with Crippen LogP contribution >= 0.6 is 0 Å². The van der Waals surface area contributed by atoms with Crippen molar-refractivity contribution < 1.29 is 9.59 Å². The van der Waals surface area contributed by atoms with Crippen LogP contribution in [-0.4, -0.2) is 50.9 Å². The maximum atomic E-state index is 12.5. The van der Waals surface area contributed by atoms with Gasteiger partial charge >= 0.3 is 0 Å². The number of fused-ring (bicyclic) bond motifs is 1. The van der Waals surface area contributed by atoms with E-state index in [0.29, 0.717) is 31.0 Å². The van der Waals surface area contributed by atoms with Crippen LogP contribution in [0.4, 0.5) is 11.6 Å². The van der Waals surface area contributed by atoms with E-state index in [2.05, 4.69) is 32.3 Å². The van der Waals surface area contributed by atoms with E-state index in [1.165, 1.54) is 6.42 Å². The average Bonchev–Trinajstić information content (AvgIpc) is 3.14. The molecule has 1 fully saturated rings. The van der Waals surface area contributed by atoms with Gasteiger partial charge in [0.1, 0.15) is 5.69 Å². The molecule has 0 saturated carbocycles. The predicted molar refractivity (Wildman–Crippen MR) is 136 cm³/mol. The summed E-state index contributed by atoms with van der Waals surface area (Å²) in [6.45, 7) is 7.19. The number of anilines is 2. The number of piperidine rings is 1. The van der Waals surface area contributed by atoms with Crippen molar-refractivity contribution in [2.24, 2.45) is 0 Å². The van der Waals surface area contributed by atoms with E-state index in [1.54, 1.807) is 6.20 Å². The van der Waals surface area contributed by atoms with Crippen LogP contribution in [0.5, 0.6) is 0 Å². The molecule has 2 aliphatic heterocycles. The number of nitrogens with one attached hydrogen (secondary N) is 2. The molecule has 3 aromatic rings. The van der Waals surface area contributed by atoms with Gasteiger partial charge in [-0.3, -0.25) is 9.59 Å². The molecule has 5 rings (SSSR count). The molecule has 8 nitrogen and oxygen atoms in total.